The Morgan fingerprint density at radius 3 is 2.43 bits per heavy atom. The molecule has 1 aliphatic heterocycles. The number of halogens is 4. The molecule has 0 aliphatic carbocycles. The van der Waals surface area contributed by atoms with Crippen molar-refractivity contribution in [2.75, 3.05) is 19.6 Å². The van der Waals surface area contributed by atoms with Crippen LogP contribution >= 0.6 is 0 Å². The van der Waals surface area contributed by atoms with Crippen molar-refractivity contribution < 1.29 is 27.2 Å². The molecule has 3 rings (SSSR count). The number of amides is 2. The Labute approximate surface area is 170 Å². The van der Waals surface area contributed by atoms with Crippen LogP contribution in [0.5, 0.6) is 0 Å². The van der Waals surface area contributed by atoms with Crippen LogP contribution in [0.1, 0.15) is 48.3 Å². The Morgan fingerprint density at radius 2 is 1.80 bits per heavy atom. The van der Waals surface area contributed by atoms with E-state index in [-0.39, 0.29) is 24.6 Å². The third-order valence-electron chi connectivity index (χ3n) is 4.79. The molecule has 7 nitrogen and oxygen atoms in total. The lowest BCUT2D eigenvalue weighted by Gasteiger charge is -2.20. The van der Waals surface area contributed by atoms with Crippen LogP contribution in [0.3, 0.4) is 0 Å². The second-order valence-corrected chi connectivity index (χ2v) is 6.98. The SMILES string of the molecule is O=C(NCCC(=O)N1CCCCCC1)c1nnn(-c2cccc(F)c2)c1C(F)(F)F. The van der Waals surface area contributed by atoms with Crippen molar-refractivity contribution in [1.82, 2.24) is 25.2 Å². The van der Waals surface area contributed by atoms with E-state index in [0.29, 0.717) is 17.8 Å². The van der Waals surface area contributed by atoms with Gasteiger partial charge in [0.15, 0.2) is 11.4 Å². The molecule has 1 aliphatic rings. The van der Waals surface area contributed by atoms with E-state index in [4.69, 9.17) is 0 Å². The molecule has 0 atom stereocenters. The fraction of sp³-hybridized carbons (Fsp3) is 0.474. The molecule has 0 unspecified atom stereocenters. The van der Waals surface area contributed by atoms with Crippen molar-refractivity contribution in [3.63, 3.8) is 0 Å². The van der Waals surface area contributed by atoms with Gasteiger partial charge in [-0.05, 0) is 31.0 Å². The lowest BCUT2D eigenvalue weighted by molar-refractivity contribution is -0.143. The number of carbonyl (C=O) groups excluding carboxylic acids is 2. The Balaban J connectivity index is 1.70. The van der Waals surface area contributed by atoms with E-state index in [0.717, 1.165) is 37.8 Å². The largest absolute Gasteiger partial charge is 0.435 e. The van der Waals surface area contributed by atoms with Gasteiger partial charge in [-0.3, -0.25) is 9.59 Å². The monoisotopic (exact) mass is 427 g/mol. The zero-order valence-corrected chi connectivity index (χ0v) is 16.1. The molecule has 1 aromatic heterocycles. The third kappa shape index (κ3) is 5.14. The summed E-state index contributed by atoms with van der Waals surface area (Å²) in [6.45, 7) is 1.16. The summed E-state index contributed by atoms with van der Waals surface area (Å²) in [4.78, 5) is 26.3. The highest BCUT2D eigenvalue weighted by atomic mass is 19.4. The summed E-state index contributed by atoms with van der Waals surface area (Å²) in [5, 5.41) is 9.03. The fourth-order valence-corrected chi connectivity index (χ4v) is 3.32. The van der Waals surface area contributed by atoms with E-state index < -0.39 is 29.3 Å². The van der Waals surface area contributed by atoms with E-state index in [1.54, 1.807) is 4.90 Å². The lowest BCUT2D eigenvalue weighted by atomic mass is 10.2. The van der Waals surface area contributed by atoms with Gasteiger partial charge in [0, 0.05) is 26.1 Å². The minimum Gasteiger partial charge on any atom is -0.350 e. The van der Waals surface area contributed by atoms with E-state index in [9.17, 15) is 27.2 Å². The number of benzene rings is 1. The van der Waals surface area contributed by atoms with Gasteiger partial charge < -0.3 is 10.2 Å². The molecule has 1 N–H and O–H groups in total. The molecule has 11 heteroatoms. The molecular formula is C19H21F4N5O2. The van der Waals surface area contributed by atoms with Gasteiger partial charge in [-0.15, -0.1) is 5.10 Å². The van der Waals surface area contributed by atoms with Crippen LogP contribution in [0.15, 0.2) is 24.3 Å². The quantitative estimate of drug-likeness (QED) is 0.745. The molecule has 162 valence electrons. The Bertz CT molecular complexity index is 905. The summed E-state index contributed by atoms with van der Waals surface area (Å²) in [6.07, 6.45) is -1.04. The van der Waals surface area contributed by atoms with Gasteiger partial charge in [-0.25, -0.2) is 9.07 Å². The van der Waals surface area contributed by atoms with E-state index >= 15 is 0 Å². The molecule has 0 spiro atoms. The number of alkyl halides is 3. The molecular weight excluding hydrogens is 406 g/mol. The first-order valence-electron chi connectivity index (χ1n) is 9.62. The zero-order chi connectivity index (χ0) is 21.7. The van der Waals surface area contributed by atoms with Gasteiger partial charge >= 0.3 is 6.18 Å². The summed E-state index contributed by atoms with van der Waals surface area (Å²) < 4.78 is 54.5. The number of likely N-dealkylation sites (tertiary alicyclic amines) is 1. The fourth-order valence-electron chi connectivity index (χ4n) is 3.32. The number of nitrogens with one attached hydrogen (secondary N) is 1. The molecule has 1 saturated heterocycles. The predicted octanol–water partition coefficient (Wildman–Crippen LogP) is 2.95. The molecule has 2 heterocycles. The summed E-state index contributed by atoms with van der Waals surface area (Å²) in [5.41, 5.74) is -2.57. The number of carbonyl (C=O) groups is 2. The molecule has 0 bridgehead atoms. The summed E-state index contributed by atoms with van der Waals surface area (Å²) in [7, 11) is 0. The average Bonchev–Trinajstić information content (AvgIpc) is 2.97. The molecule has 2 aromatic rings. The number of hydrogen-bond acceptors (Lipinski definition) is 4. The number of hydrogen-bond donors (Lipinski definition) is 1. The Kier molecular flexibility index (Phi) is 6.68. The second-order valence-electron chi connectivity index (χ2n) is 6.98. The van der Waals surface area contributed by atoms with Crippen molar-refractivity contribution in [2.45, 2.75) is 38.3 Å². The summed E-state index contributed by atoms with van der Waals surface area (Å²) in [5.74, 6) is -2.01. The minimum atomic E-state index is -4.95. The van der Waals surface area contributed by atoms with Crippen LogP contribution in [0.4, 0.5) is 17.6 Å². The van der Waals surface area contributed by atoms with E-state index in [2.05, 4.69) is 15.6 Å². The van der Waals surface area contributed by atoms with Crippen molar-refractivity contribution >= 4 is 11.8 Å². The number of aromatic nitrogens is 3. The first-order chi connectivity index (χ1) is 14.3. The molecule has 1 aromatic carbocycles. The molecule has 0 radical (unpaired) electrons. The predicted molar refractivity (Wildman–Crippen MR) is 98.3 cm³/mol. The minimum absolute atomic E-state index is 0.0227. The normalized spacial score (nSPS) is 15.0. The van der Waals surface area contributed by atoms with Gasteiger partial charge in [-0.1, -0.05) is 24.1 Å². The average molecular weight is 427 g/mol. The van der Waals surface area contributed by atoms with Gasteiger partial charge in [0.2, 0.25) is 5.91 Å². The van der Waals surface area contributed by atoms with Crippen molar-refractivity contribution in [2.24, 2.45) is 0 Å². The number of nitrogens with zero attached hydrogens (tertiary/aromatic N) is 4. The smallest absolute Gasteiger partial charge is 0.350 e. The van der Waals surface area contributed by atoms with Crippen LogP contribution < -0.4 is 5.32 Å². The Hall–Kier alpha value is -2.98. The zero-order valence-electron chi connectivity index (χ0n) is 16.1. The maximum absolute atomic E-state index is 13.6. The van der Waals surface area contributed by atoms with Crippen LogP contribution in [0, 0.1) is 5.82 Å². The first-order valence-corrected chi connectivity index (χ1v) is 9.62. The van der Waals surface area contributed by atoms with Crippen LogP contribution in [0.25, 0.3) is 5.69 Å². The summed E-state index contributed by atoms with van der Waals surface area (Å²) in [6, 6.07) is 4.36. The van der Waals surface area contributed by atoms with Crippen LogP contribution in [0.2, 0.25) is 0 Å². The highest BCUT2D eigenvalue weighted by molar-refractivity contribution is 5.93. The maximum atomic E-state index is 13.6. The van der Waals surface area contributed by atoms with Gasteiger partial charge in [-0.2, -0.15) is 13.2 Å². The lowest BCUT2D eigenvalue weighted by Crippen LogP contribution is -2.35. The third-order valence-corrected chi connectivity index (χ3v) is 4.79. The molecule has 1 fully saturated rings. The number of rotatable bonds is 5. The van der Waals surface area contributed by atoms with E-state index in [1.807, 2.05) is 0 Å². The first kappa shape index (κ1) is 21.7. The van der Waals surface area contributed by atoms with Gasteiger partial charge in [0.25, 0.3) is 5.91 Å². The summed E-state index contributed by atoms with van der Waals surface area (Å²) >= 11 is 0. The highest BCUT2D eigenvalue weighted by Gasteiger charge is 2.42. The molecule has 30 heavy (non-hydrogen) atoms. The maximum Gasteiger partial charge on any atom is 0.435 e. The van der Waals surface area contributed by atoms with Crippen LogP contribution in [-0.2, 0) is 11.0 Å². The van der Waals surface area contributed by atoms with Crippen LogP contribution in [-0.4, -0.2) is 51.3 Å². The van der Waals surface area contributed by atoms with Crippen molar-refractivity contribution in [3.8, 4) is 5.69 Å². The standard InChI is InChI=1S/C19H21F4N5O2/c20-13-6-5-7-14(12-13)28-17(19(21,22)23)16(25-26-28)18(30)24-9-8-15(29)27-10-3-1-2-4-11-27/h5-7,12H,1-4,8-11H2,(H,24,30). The molecule has 2 amide bonds. The van der Waals surface area contributed by atoms with Crippen molar-refractivity contribution in [1.29, 1.82) is 0 Å². The molecule has 0 saturated carbocycles. The highest BCUT2D eigenvalue weighted by Crippen LogP contribution is 2.32. The Morgan fingerprint density at radius 1 is 1.10 bits per heavy atom. The van der Waals surface area contributed by atoms with Crippen molar-refractivity contribution in [3.05, 3.63) is 41.5 Å². The second kappa shape index (κ2) is 9.23. The topological polar surface area (TPSA) is 80.1 Å². The van der Waals surface area contributed by atoms with Gasteiger partial charge in [0.05, 0.1) is 5.69 Å². The van der Waals surface area contributed by atoms with Gasteiger partial charge in [0.1, 0.15) is 5.82 Å². The van der Waals surface area contributed by atoms with E-state index in [1.165, 1.54) is 12.1 Å².